The van der Waals surface area contributed by atoms with E-state index in [1.807, 2.05) is 6.92 Å². The van der Waals surface area contributed by atoms with Crippen LogP contribution >= 0.6 is 11.6 Å². The summed E-state index contributed by atoms with van der Waals surface area (Å²) in [6.45, 7) is 8.11. The third-order valence-corrected chi connectivity index (χ3v) is 5.90. The average molecular weight is 466 g/mol. The quantitative estimate of drug-likeness (QED) is 0.311. The van der Waals surface area contributed by atoms with Crippen LogP contribution in [0.3, 0.4) is 0 Å². The lowest BCUT2D eigenvalue weighted by molar-refractivity contribution is -0.141. The van der Waals surface area contributed by atoms with E-state index in [0.29, 0.717) is 29.1 Å². The van der Waals surface area contributed by atoms with Gasteiger partial charge in [-0.1, -0.05) is 19.1 Å². The van der Waals surface area contributed by atoms with E-state index in [1.54, 1.807) is 49.9 Å². The van der Waals surface area contributed by atoms with Crippen LogP contribution in [0.2, 0.25) is 0 Å². The molecule has 1 aromatic carbocycles. The lowest BCUT2D eigenvalue weighted by Crippen LogP contribution is -2.48. The van der Waals surface area contributed by atoms with Gasteiger partial charge in [-0.3, -0.25) is 9.69 Å². The molecule has 176 valence electrons. The van der Waals surface area contributed by atoms with E-state index >= 15 is 0 Å². The van der Waals surface area contributed by atoms with E-state index in [9.17, 15) is 14.4 Å². The van der Waals surface area contributed by atoms with Crippen molar-refractivity contribution in [2.45, 2.75) is 40.2 Å². The number of rotatable bonds is 10. The number of halogens is 1. The molecular formula is C23H32ClN3O5. The molecule has 0 spiro atoms. The zero-order valence-corrected chi connectivity index (χ0v) is 20.0. The number of hydrogen-bond donors (Lipinski definition) is 2. The van der Waals surface area contributed by atoms with Crippen LogP contribution in [0.4, 0.5) is 10.5 Å². The van der Waals surface area contributed by atoms with Crippen molar-refractivity contribution in [1.29, 1.82) is 0 Å². The summed E-state index contributed by atoms with van der Waals surface area (Å²) in [5.74, 6) is -0.510. The van der Waals surface area contributed by atoms with E-state index in [0.717, 1.165) is 6.42 Å². The van der Waals surface area contributed by atoms with Gasteiger partial charge in [0.25, 0.3) is 0 Å². The Balaban J connectivity index is 2.33. The van der Waals surface area contributed by atoms with Gasteiger partial charge in [0, 0.05) is 30.9 Å². The highest BCUT2D eigenvalue weighted by Gasteiger charge is 2.36. The SMILES string of the molecule is CCCN1C(=O)NC(c2ccc(NC(=O)C(C)(C)CCl)cc2)C(C(=O)OCCOC)=C1C. The first kappa shape index (κ1) is 25.7. The molecule has 3 amide bonds. The van der Waals surface area contributed by atoms with Crippen LogP contribution < -0.4 is 10.6 Å². The monoisotopic (exact) mass is 465 g/mol. The van der Waals surface area contributed by atoms with E-state index in [2.05, 4.69) is 10.6 Å². The van der Waals surface area contributed by atoms with Crippen molar-refractivity contribution >= 4 is 35.2 Å². The first-order valence-corrected chi connectivity index (χ1v) is 11.1. The first-order valence-electron chi connectivity index (χ1n) is 10.6. The van der Waals surface area contributed by atoms with Crippen LogP contribution in [0, 0.1) is 5.41 Å². The maximum atomic E-state index is 12.9. The van der Waals surface area contributed by atoms with Gasteiger partial charge in [0.15, 0.2) is 0 Å². The predicted octanol–water partition coefficient (Wildman–Crippen LogP) is 3.83. The zero-order chi connectivity index (χ0) is 23.9. The number of carbonyl (C=O) groups excluding carboxylic acids is 3. The number of amides is 3. The van der Waals surface area contributed by atoms with Crippen molar-refractivity contribution in [2.24, 2.45) is 5.41 Å². The van der Waals surface area contributed by atoms with E-state index in [-0.39, 0.29) is 31.0 Å². The van der Waals surface area contributed by atoms with Gasteiger partial charge in [-0.2, -0.15) is 0 Å². The van der Waals surface area contributed by atoms with Crippen molar-refractivity contribution < 1.29 is 23.9 Å². The summed E-state index contributed by atoms with van der Waals surface area (Å²) in [7, 11) is 1.53. The molecule has 1 atom stereocenters. The molecule has 0 saturated heterocycles. The Morgan fingerprint density at radius 1 is 1.22 bits per heavy atom. The number of urea groups is 1. The third-order valence-electron chi connectivity index (χ3n) is 5.23. The number of allylic oxidation sites excluding steroid dienone is 1. The van der Waals surface area contributed by atoms with E-state index in [4.69, 9.17) is 21.1 Å². The van der Waals surface area contributed by atoms with Gasteiger partial charge in [0.05, 0.1) is 23.6 Å². The molecule has 0 aliphatic carbocycles. The zero-order valence-electron chi connectivity index (χ0n) is 19.3. The minimum absolute atomic E-state index is 0.113. The Morgan fingerprint density at radius 3 is 2.44 bits per heavy atom. The van der Waals surface area contributed by atoms with Gasteiger partial charge in [-0.15, -0.1) is 11.6 Å². The van der Waals surface area contributed by atoms with Gasteiger partial charge >= 0.3 is 12.0 Å². The normalized spacial score (nSPS) is 16.6. The molecule has 1 heterocycles. The molecule has 1 aliphatic heterocycles. The van der Waals surface area contributed by atoms with Gasteiger partial charge in [0.2, 0.25) is 5.91 Å². The Bertz CT molecular complexity index is 867. The number of methoxy groups -OCH3 is 1. The Hall–Kier alpha value is -2.58. The molecule has 32 heavy (non-hydrogen) atoms. The molecular weight excluding hydrogens is 434 g/mol. The van der Waals surface area contributed by atoms with Crippen molar-refractivity contribution in [3.05, 3.63) is 41.1 Å². The standard InChI is InChI=1S/C23H32ClN3O5/c1-6-11-27-15(2)18(20(28)32-13-12-31-5)19(26-22(27)30)16-7-9-17(10-8-16)25-21(29)23(3,4)14-24/h7-10,19H,6,11-14H2,1-5H3,(H,25,29)(H,26,30). The molecule has 8 nitrogen and oxygen atoms in total. The lowest BCUT2D eigenvalue weighted by Gasteiger charge is -2.35. The van der Waals surface area contributed by atoms with E-state index < -0.39 is 17.4 Å². The highest BCUT2D eigenvalue weighted by atomic mass is 35.5. The summed E-state index contributed by atoms with van der Waals surface area (Å²) in [6, 6.07) is 6.04. The van der Waals surface area contributed by atoms with Gasteiger partial charge < -0.3 is 20.1 Å². The third kappa shape index (κ3) is 6.01. The second kappa shape index (κ2) is 11.3. The number of hydrogen-bond acceptors (Lipinski definition) is 5. The number of nitrogens with one attached hydrogen (secondary N) is 2. The Labute approximate surface area is 194 Å². The summed E-state index contributed by atoms with van der Waals surface area (Å²) in [5, 5.41) is 5.74. The van der Waals surface area contributed by atoms with Crippen LogP contribution in [0.1, 0.15) is 45.7 Å². The van der Waals surface area contributed by atoms with E-state index in [1.165, 1.54) is 7.11 Å². The van der Waals surface area contributed by atoms with Crippen molar-refractivity contribution in [2.75, 3.05) is 38.1 Å². The van der Waals surface area contributed by atoms with Crippen LogP contribution in [0.25, 0.3) is 0 Å². The molecule has 2 rings (SSSR count). The summed E-state index contributed by atoms with van der Waals surface area (Å²) < 4.78 is 10.3. The predicted molar refractivity (Wildman–Crippen MR) is 123 cm³/mol. The molecule has 1 aromatic rings. The fourth-order valence-corrected chi connectivity index (χ4v) is 3.33. The molecule has 9 heteroatoms. The van der Waals surface area contributed by atoms with Crippen molar-refractivity contribution in [3.8, 4) is 0 Å². The van der Waals surface area contributed by atoms with Crippen molar-refractivity contribution in [1.82, 2.24) is 10.2 Å². The summed E-state index contributed by atoms with van der Waals surface area (Å²) in [4.78, 5) is 39.5. The summed E-state index contributed by atoms with van der Waals surface area (Å²) in [5.41, 5.74) is 1.51. The molecule has 0 radical (unpaired) electrons. The number of alkyl halides is 1. The van der Waals surface area contributed by atoms with Crippen LogP contribution in [-0.4, -0.2) is 55.6 Å². The Kier molecular flexibility index (Phi) is 9.09. The number of esters is 1. The average Bonchev–Trinajstić information content (AvgIpc) is 2.76. The Morgan fingerprint density at radius 2 is 1.88 bits per heavy atom. The van der Waals surface area contributed by atoms with Gasteiger partial charge in [-0.25, -0.2) is 9.59 Å². The van der Waals surface area contributed by atoms with Crippen LogP contribution in [0.5, 0.6) is 0 Å². The highest BCUT2D eigenvalue weighted by molar-refractivity contribution is 6.20. The minimum Gasteiger partial charge on any atom is -0.460 e. The number of nitrogens with zero attached hydrogens (tertiary/aromatic N) is 1. The number of ether oxygens (including phenoxy) is 2. The van der Waals surface area contributed by atoms with Gasteiger partial charge in [0.1, 0.15) is 6.61 Å². The molecule has 0 fully saturated rings. The number of carbonyl (C=O) groups is 3. The molecule has 2 N–H and O–H groups in total. The molecule has 1 aliphatic rings. The molecule has 1 unspecified atom stereocenters. The van der Waals surface area contributed by atoms with Crippen LogP contribution in [0.15, 0.2) is 35.5 Å². The molecule has 0 saturated carbocycles. The number of anilines is 1. The first-order chi connectivity index (χ1) is 15.2. The van der Waals surface area contributed by atoms with Crippen molar-refractivity contribution in [3.63, 3.8) is 0 Å². The largest absolute Gasteiger partial charge is 0.460 e. The fraction of sp³-hybridized carbons (Fsp3) is 0.522. The van der Waals surface area contributed by atoms with Gasteiger partial charge in [-0.05, 0) is 44.9 Å². The topological polar surface area (TPSA) is 97.0 Å². The maximum absolute atomic E-state index is 12.9. The smallest absolute Gasteiger partial charge is 0.338 e. The highest BCUT2D eigenvalue weighted by Crippen LogP contribution is 2.32. The number of benzene rings is 1. The lowest BCUT2D eigenvalue weighted by atomic mass is 9.94. The molecule has 0 bridgehead atoms. The van der Waals surface area contributed by atoms with Crippen LogP contribution in [-0.2, 0) is 19.1 Å². The fourth-order valence-electron chi connectivity index (χ4n) is 3.20. The minimum atomic E-state index is -0.709. The second-order valence-electron chi connectivity index (χ2n) is 8.26. The summed E-state index contributed by atoms with van der Waals surface area (Å²) in [6.07, 6.45) is 0.745. The maximum Gasteiger partial charge on any atom is 0.338 e. The molecule has 0 aromatic heterocycles. The second-order valence-corrected chi connectivity index (χ2v) is 8.52. The summed E-state index contributed by atoms with van der Waals surface area (Å²) >= 11 is 5.87.